The first-order valence-electron chi connectivity index (χ1n) is 6.82. The fourth-order valence-corrected chi connectivity index (χ4v) is 2.51. The van der Waals surface area contributed by atoms with Gasteiger partial charge in [0.05, 0.1) is 13.0 Å². The van der Waals surface area contributed by atoms with Crippen molar-refractivity contribution in [3.05, 3.63) is 35.9 Å². The van der Waals surface area contributed by atoms with Crippen LogP contribution in [0.15, 0.2) is 35.9 Å². The molecule has 5 heteroatoms. The molecular weight excluding hydrogens is 270 g/mol. The van der Waals surface area contributed by atoms with Crippen LogP contribution in [0.1, 0.15) is 19.8 Å². The number of hydrogen-bond acceptors (Lipinski definition) is 4. The number of benzene rings is 1. The van der Waals surface area contributed by atoms with Crippen LogP contribution >= 0.6 is 0 Å². The highest BCUT2D eigenvalue weighted by molar-refractivity contribution is 5.95. The number of nitrogens with one attached hydrogen (secondary N) is 1. The van der Waals surface area contributed by atoms with Gasteiger partial charge in [-0.25, -0.2) is 0 Å². The third kappa shape index (κ3) is 3.62. The van der Waals surface area contributed by atoms with E-state index in [-0.39, 0.29) is 5.91 Å². The van der Waals surface area contributed by atoms with Crippen molar-refractivity contribution in [2.75, 3.05) is 12.4 Å². The van der Waals surface area contributed by atoms with Crippen LogP contribution < -0.4 is 15.2 Å². The normalized spacial score (nSPS) is 21.3. The Balaban J connectivity index is 2.10. The summed E-state index contributed by atoms with van der Waals surface area (Å²) in [4.78, 5) is 23.5. The molecule has 21 heavy (non-hydrogen) atoms. The zero-order valence-electron chi connectivity index (χ0n) is 12.1. The third-order valence-electron chi connectivity index (χ3n) is 3.74. The highest BCUT2D eigenvalue weighted by Crippen LogP contribution is 2.30. The summed E-state index contributed by atoms with van der Waals surface area (Å²) < 4.78 is 5.05. The van der Waals surface area contributed by atoms with Gasteiger partial charge in [-0.15, -0.1) is 0 Å². The zero-order valence-corrected chi connectivity index (χ0v) is 12.1. The number of carboxylic acids is 1. The molecule has 0 bridgehead atoms. The van der Waals surface area contributed by atoms with Gasteiger partial charge in [-0.3, -0.25) is 4.79 Å². The number of aliphatic carboxylic acids is 1. The van der Waals surface area contributed by atoms with Crippen LogP contribution in [0.4, 0.5) is 5.69 Å². The fourth-order valence-electron chi connectivity index (χ4n) is 2.51. The average Bonchev–Trinajstić information content (AvgIpc) is 2.47. The minimum atomic E-state index is -1.17. The van der Waals surface area contributed by atoms with Gasteiger partial charge in [-0.1, -0.05) is 11.6 Å². The van der Waals surface area contributed by atoms with Crippen molar-refractivity contribution in [1.29, 1.82) is 0 Å². The van der Waals surface area contributed by atoms with Crippen LogP contribution in [0.2, 0.25) is 0 Å². The van der Waals surface area contributed by atoms with E-state index in [9.17, 15) is 14.7 Å². The number of anilines is 1. The maximum atomic E-state index is 12.3. The molecule has 2 atom stereocenters. The van der Waals surface area contributed by atoms with E-state index < -0.39 is 17.8 Å². The Morgan fingerprint density at radius 3 is 2.48 bits per heavy atom. The van der Waals surface area contributed by atoms with E-state index in [2.05, 4.69) is 5.32 Å². The lowest BCUT2D eigenvalue weighted by atomic mass is 9.79. The van der Waals surface area contributed by atoms with Gasteiger partial charge in [-0.05, 0) is 44.0 Å². The third-order valence-corrected chi connectivity index (χ3v) is 3.74. The smallest absolute Gasteiger partial charge is 0.228 e. The standard InChI is InChI=1S/C16H19NO4/c1-10-3-8-13(16(19)20)14(9-10)15(18)17-11-4-6-12(21-2)7-5-11/h3-7,13-14H,8-9H2,1-2H3,(H,17,18)(H,19,20)/p-1/t13-,14+/m1/s1. The van der Waals surface area contributed by atoms with Gasteiger partial charge in [0.2, 0.25) is 5.91 Å². The van der Waals surface area contributed by atoms with Gasteiger partial charge in [-0.2, -0.15) is 0 Å². The number of allylic oxidation sites excluding steroid dienone is 2. The second kappa shape index (κ2) is 6.43. The first-order valence-corrected chi connectivity index (χ1v) is 6.82. The van der Waals surface area contributed by atoms with Crippen LogP contribution in [0.5, 0.6) is 5.75 Å². The van der Waals surface area contributed by atoms with E-state index in [0.717, 1.165) is 5.57 Å². The van der Waals surface area contributed by atoms with E-state index >= 15 is 0 Å². The van der Waals surface area contributed by atoms with Crippen molar-refractivity contribution in [3.8, 4) is 5.75 Å². The number of ether oxygens (including phenoxy) is 1. The van der Waals surface area contributed by atoms with E-state index in [4.69, 9.17) is 4.74 Å². The number of methoxy groups -OCH3 is 1. The fraction of sp³-hybridized carbons (Fsp3) is 0.375. The number of carbonyl (C=O) groups excluding carboxylic acids is 2. The predicted octanol–water partition coefficient (Wildman–Crippen LogP) is 1.36. The molecule has 0 saturated heterocycles. The Morgan fingerprint density at radius 2 is 1.90 bits per heavy atom. The summed E-state index contributed by atoms with van der Waals surface area (Å²) in [6, 6.07) is 6.91. The van der Waals surface area contributed by atoms with Crippen LogP contribution in [0, 0.1) is 11.8 Å². The molecule has 0 heterocycles. The lowest BCUT2D eigenvalue weighted by Crippen LogP contribution is -2.42. The maximum absolute atomic E-state index is 12.3. The first-order chi connectivity index (χ1) is 10.0. The summed E-state index contributed by atoms with van der Waals surface area (Å²) in [6.45, 7) is 1.90. The molecule has 0 aliphatic heterocycles. The number of amides is 1. The molecule has 0 unspecified atom stereocenters. The molecule has 1 N–H and O–H groups in total. The molecule has 0 saturated carbocycles. The van der Waals surface area contributed by atoms with Gasteiger partial charge in [0, 0.05) is 17.6 Å². The molecule has 1 aromatic rings. The van der Waals surface area contributed by atoms with E-state index in [1.54, 1.807) is 31.4 Å². The van der Waals surface area contributed by atoms with Gasteiger partial charge in [0.25, 0.3) is 0 Å². The highest BCUT2D eigenvalue weighted by atomic mass is 16.5. The Labute approximate surface area is 123 Å². The monoisotopic (exact) mass is 288 g/mol. The summed E-state index contributed by atoms with van der Waals surface area (Å²) in [7, 11) is 1.56. The SMILES string of the molecule is COc1ccc(NC(=O)[C@H]2CC(C)=CC[C@H]2C(=O)[O-])cc1. The van der Waals surface area contributed by atoms with Crippen molar-refractivity contribution < 1.29 is 19.4 Å². The quantitative estimate of drug-likeness (QED) is 0.848. The van der Waals surface area contributed by atoms with E-state index in [0.29, 0.717) is 24.3 Å². The summed E-state index contributed by atoms with van der Waals surface area (Å²) in [6.07, 6.45) is 2.65. The minimum Gasteiger partial charge on any atom is -0.550 e. The molecule has 0 spiro atoms. The highest BCUT2D eigenvalue weighted by Gasteiger charge is 2.31. The Bertz CT molecular complexity index is 562. The van der Waals surface area contributed by atoms with Gasteiger partial charge in [0.15, 0.2) is 0 Å². The Morgan fingerprint density at radius 1 is 1.24 bits per heavy atom. The van der Waals surface area contributed by atoms with Gasteiger partial charge < -0.3 is 20.0 Å². The molecule has 2 rings (SSSR count). The molecular formula is C16H18NO4-. The molecule has 0 aromatic heterocycles. The number of hydrogen-bond donors (Lipinski definition) is 1. The average molecular weight is 288 g/mol. The van der Waals surface area contributed by atoms with Crippen LogP contribution in [0.25, 0.3) is 0 Å². The maximum Gasteiger partial charge on any atom is 0.228 e. The first kappa shape index (κ1) is 15.1. The Hall–Kier alpha value is -2.30. The Kier molecular flexibility index (Phi) is 4.62. The summed E-state index contributed by atoms with van der Waals surface area (Å²) in [5.74, 6) is -2.14. The van der Waals surface area contributed by atoms with E-state index in [1.165, 1.54) is 0 Å². The second-order valence-electron chi connectivity index (χ2n) is 5.24. The topological polar surface area (TPSA) is 78.5 Å². The van der Waals surface area contributed by atoms with E-state index in [1.807, 2.05) is 13.0 Å². The molecule has 1 aliphatic carbocycles. The molecule has 5 nitrogen and oxygen atoms in total. The summed E-state index contributed by atoms with van der Waals surface area (Å²) in [5, 5.41) is 13.9. The summed E-state index contributed by atoms with van der Waals surface area (Å²) >= 11 is 0. The second-order valence-corrected chi connectivity index (χ2v) is 5.24. The predicted molar refractivity (Wildman–Crippen MR) is 76.6 cm³/mol. The van der Waals surface area contributed by atoms with Crippen LogP contribution in [0.3, 0.4) is 0 Å². The molecule has 1 aliphatic rings. The van der Waals surface area contributed by atoms with Gasteiger partial charge >= 0.3 is 0 Å². The van der Waals surface area contributed by atoms with Gasteiger partial charge in [0.1, 0.15) is 5.75 Å². The lowest BCUT2D eigenvalue weighted by Gasteiger charge is -2.30. The number of rotatable bonds is 4. The largest absolute Gasteiger partial charge is 0.550 e. The summed E-state index contributed by atoms with van der Waals surface area (Å²) in [5.41, 5.74) is 1.65. The van der Waals surface area contributed by atoms with Crippen molar-refractivity contribution in [2.24, 2.45) is 11.8 Å². The molecule has 1 amide bonds. The van der Waals surface area contributed by atoms with Crippen molar-refractivity contribution in [3.63, 3.8) is 0 Å². The van der Waals surface area contributed by atoms with Crippen LogP contribution in [-0.2, 0) is 9.59 Å². The van der Waals surface area contributed by atoms with Crippen molar-refractivity contribution in [2.45, 2.75) is 19.8 Å². The van der Waals surface area contributed by atoms with Crippen molar-refractivity contribution in [1.82, 2.24) is 0 Å². The van der Waals surface area contributed by atoms with Crippen molar-refractivity contribution >= 4 is 17.6 Å². The zero-order chi connectivity index (χ0) is 15.4. The lowest BCUT2D eigenvalue weighted by molar-refractivity contribution is -0.313. The molecule has 0 radical (unpaired) electrons. The minimum absolute atomic E-state index is 0.290. The molecule has 0 fully saturated rings. The number of carbonyl (C=O) groups is 2. The molecule has 1 aromatic carbocycles. The van der Waals surface area contributed by atoms with Crippen LogP contribution in [-0.4, -0.2) is 19.0 Å². The molecule has 112 valence electrons. The number of carboxylic acid groups (broad SMARTS) is 1.